The first-order valence-electron chi connectivity index (χ1n) is 7.59. The Bertz CT molecular complexity index is 770. The molecule has 5 nitrogen and oxygen atoms in total. The van der Waals surface area contributed by atoms with Crippen molar-refractivity contribution >= 4 is 35.6 Å². The number of rotatable bonds is 4. The van der Waals surface area contributed by atoms with Crippen molar-refractivity contribution in [3.8, 4) is 0 Å². The Balaban J connectivity index is 0.00000208. The fourth-order valence-electron chi connectivity index (χ4n) is 2.66. The summed E-state index contributed by atoms with van der Waals surface area (Å²) in [7, 11) is 0. The Labute approximate surface area is 151 Å². The maximum Gasteiger partial charge on any atom is 0.250 e. The van der Waals surface area contributed by atoms with Gasteiger partial charge in [0.2, 0.25) is 5.91 Å². The average Bonchev–Trinajstić information content (AvgIpc) is 3.07. The van der Waals surface area contributed by atoms with Crippen LogP contribution in [0.2, 0.25) is 5.02 Å². The highest BCUT2D eigenvalue weighted by molar-refractivity contribution is 6.31. The van der Waals surface area contributed by atoms with Crippen LogP contribution in [0.3, 0.4) is 0 Å². The Hall–Kier alpha value is -1.82. The van der Waals surface area contributed by atoms with E-state index in [0.29, 0.717) is 23.8 Å². The molecule has 0 aliphatic carbocycles. The van der Waals surface area contributed by atoms with E-state index in [4.69, 9.17) is 11.6 Å². The zero-order valence-electron chi connectivity index (χ0n) is 13.0. The summed E-state index contributed by atoms with van der Waals surface area (Å²) in [6, 6.07) is 10.5. The lowest BCUT2D eigenvalue weighted by atomic mass is 10.1. The molecule has 0 radical (unpaired) electrons. The number of anilines is 1. The summed E-state index contributed by atoms with van der Waals surface area (Å²) in [6.45, 7) is 1.93. The van der Waals surface area contributed by atoms with Crippen molar-refractivity contribution in [2.75, 3.05) is 18.4 Å². The summed E-state index contributed by atoms with van der Waals surface area (Å²) in [4.78, 5) is 24.2. The molecule has 1 aliphatic heterocycles. The third-order valence-electron chi connectivity index (χ3n) is 3.98. The summed E-state index contributed by atoms with van der Waals surface area (Å²) in [5.41, 5.74) is 1.35. The quantitative estimate of drug-likeness (QED) is 0.872. The van der Waals surface area contributed by atoms with Crippen molar-refractivity contribution in [3.05, 3.63) is 63.5 Å². The molecule has 2 N–H and O–H groups in total. The summed E-state index contributed by atoms with van der Waals surface area (Å²) in [5, 5.41) is 6.66. The van der Waals surface area contributed by atoms with E-state index >= 15 is 0 Å². The van der Waals surface area contributed by atoms with E-state index in [9.17, 15) is 9.59 Å². The lowest BCUT2D eigenvalue weighted by Gasteiger charge is -2.12. The highest BCUT2D eigenvalue weighted by Gasteiger charge is 2.22. The minimum Gasteiger partial charge on any atom is -0.325 e. The number of halogens is 2. The number of carbonyl (C=O) groups is 1. The first-order valence-corrected chi connectivity index (χ1v) is 7.97. The predicted octanol–water partition coefficient (Wildman–Crippen LogP) is 2.52. The van der Waals surface area contributed by atoms with Crippen molar-refractivity contribution in [1.29, 1.82) is 0 Å². The minimum atomic E-state index is -0.134. The maximum atomic E-state index is 12.2. The van der Waals surface area contributed by atoms with Gasteiger partial charge in [-0.1, -0.05) is 29.8 Å². The van der Waals surface area contributed by atoms with Crippen molar-refractivity contribution < 1.29 is 4.79 Å². The molecule has 1 atom stereocenters. The van der Waals surface area contributed by atoms with Crippen LogP contribution in [0.15, 0.2) is 47.4 Å². The van der Waals surface area contributed by atoms with Crippen molar-refractivity contribution in [2.45, 2.75) is 13.0 Å². The summed E-state index contributed by atoms with van der Waals surface area (Å²) in [6.07, 6.45) is 2.50. The molecule has 2 aromatic rings. The number of amides is 1. The third-order valence-corrected chi connectivity index (χ3v) is 4.35. The van der Waals surface area contributed by atoms with Crippen LogP contribution >= 0.6 is 24.0 Å². The zero-order chi connectivity index (χ0) is 16.2. The average molecular weight is 368 g/mol. The number of nitrogens with one attached hydrogen (secondary N) is 2. The van der Waals surface area contributed by atoms with Gasteiger partial charge in [-0.2, -0.15) is 0 Å². The van der Waals surface area contributed by atoms with E-state index in [2.05, 4.69) is 10.6 Å². The number of benzene rings is 1. The van der Waals surface area contributed by atoms with Gasteiger partial charge in [0.05, 0.1) is 18.2 Å². The number of aromatic nitrogens is 1. The van der Waals surface area contributed by atoms with Crippen LogP contribution in [0.25, 0.3) is 0 Å². The maximum absolute atomic E-state index is 12.2. The van der Waals surface area contributed by atoms with Crippen LogP contribution in [-0.2, 0) is 11.3 Å². The molecule has 2 heterocycles. The second-order valence-electron chi connectivity index (χ2n) is 5.65. The zero-order valence-corrected chi connectivity index (χ0v) is 14.6. The van der Waals surface area contributed by atoms with Crippen molar-refractivity contribution in [2.24, 2.45) is 5.92 Å². The van der Waals surface area contributed by atoms with Gasteiger partial charge in [-0.3, -0.25) is 9.59 Å². The summed E-state index contributed by atoms with van der Waals surface area (Å²) < 4.78 is 1.55. The number of nitrogens with zero attached hydrogens (tertiary/aromatic N) is 1. The van der Waals surface area contributed by atoms with E-state index in [1.807, 2.05) is 18.2 Å². The largest absolute Gasteiger partial charge is 0.325 e. The van der Waals surface area contributed by atoms with Gasteiger partial charge in [0.25, 0.3) is 5.56 Å². The van der Waals surface area contributed by atoms with Crippen molar-refractivity contribution in [3.63, 3.8) is 0 Å². The molecule has 24 heavy (non-hydrogen) atoms. The number of carbonyl (C=O) groups excluding carboxylic acids is 1. The van der Waals surface area contributed by atoms with Gasteiger partial charge in [0.15, 0.2) is 0 Å². The van der Waals surface area contributed by atoms with Gasteiger partial charge in [-0.25, -0.2) is 0 Å². The summed E-state index contributed by atoms with van der Waals surface area (Å²) >= 11 is 6.14. The van der Waals surface area contributed by atoms with Crippen LogP contribution in [0.5, 0.6) is 0 Å². The van der Waals surface area contributed by atoms with E-state index in [0.717, 1.165) is 18.5 Å². The highest BCUT2D eigenvalue weighted by atomic mass is 35.5. The molecule has 1 aliphatic rings. The standard InChI is InChI=1S/C17H18ClN3O2.ClH/c18-15-4-2-1-3-13(15)10-21-11-14(5-6-16(21)22)20-17(23)12-7-8-19-9-12;/h1-6,11-12,19H,7-10H2,(H,20,23);1H. The second kappa shape index (κ2) is 8.33. The normalized spacial score (nSPS) is 16.5. The Morgan fingerprint density at radius 1 is 1.29 bits per heavy atom. The molecule has 0 saturated carbocycles. The fourth-order valence-corrected chi connectivity index (χ4v) is 2.86. The van der Waals surface area contributed by atoms with E-state index in [1.165, 1.54) is 6.07 Å². The second-order valence-corrected chi connectivity index (χ2v) is 6.06. The monoisotopic (exact) mass is 367 g/mol. The van der Waals surface area contributed by atoms with Gasteiger partial charge < -0.3 is 15.2 Å². The van der Waals surface area contributed by atoms with Crippen LogP contribution in [-0.4, -0.2) is 23.6 Å². The fraction of sp³-hybridized carbons (Fsp3) is 0.294. The third kappa shape index (κ3) is 4.38. The predicted molar refractivity (Wildman–Crippen MR) is 98.1 cm³/mol. The van der Waals surface area contributed by atoms with Gasteiger partial charge in [-0.15, -0.1) is 12.4 Å². The van der Waals surface area contributed by atoms with Crippen molar-refractivity contribution in [1.82, 2.24) is 9.88 Å². The Morgan fingerprint density at radius 2 is 2.08 bits per heavy atom. The molecule has 1 aromatic heterocycles. The molecule has 0 spiro atoms. The molecule has 0 bridgehead atoms. The molecule has 1 unspecified atom stereocenters. The summed E-state index contributed by atoms with van der Waals surface area (Å²) in [5.74, 6) is -0.0307. The van der Waals surface area contributed by atoms with Crippen LogP contribution < -0.4 is 16.2 Å². The molecular formula is C17H19Cl2N3O2. The topological polar surface area (TPSA) is 63.1 Å². The molecule has 1 amide bonds. The molecule has 128 valence electrons. The smallest absolute Gasteiger partial charge is 0.250 e. The van der Waals surface area contributed by atoms with Crippen LogP contribution in [0.4, 0.5) is 5.69 Å². The molecule has 3 rings (SSSR count). The molecule has 1 fully saturated rings. The van der Waals surface area contributed by atoms with E-state index in [-0.39, 0.29) is 29.8 Å². The number of hydrogen-bond donors (Lipinski definition) is 2. The SMILES string of the molecule is Cl.O=C(Nc1ccc(=O)n(Cc2ccccc2Cl)c1)C1CCNC1. The molecule has 7 heteroatoms. The lowest BCUT2D eigenvalue weighted by molar-refractivity contribution is -0.119. The Morgan fingerprint density at radius 3 is 2.79 bits per heavy atom. The van der Waals surface area contributed by atoms with E-state index in [1.54, 1.807) is 22.9 Å². The van der Waals surface area contributed by atoms with Crippen LogP contribution in [0.1, 0.15) is 12.0 Å². The Kier molecular flexibility index (Phi) is 6.43. The van der Waals surface area contributed by atoms with E-state index < -0.39 is 0 Å². The number of hydrogen-bond acceptors (Lipinski definition) is 3. The van der Waals surface area contributed by atoms with Gasteiger partial charge in [0.1, 0.15) is 0 Å². The van der Waals surface area contributed by atoms with Gasteiger partial charge in [0, 0.05) is 23.8 Å². The number of pyridine rings is 1. The highest BCUT2D eigenvalue weighted by Crippen LogP contribution is 2.17. The van der Waals surface area contributed by atoms with Gasteiger partial charge in [-0.05, 0) is 30.7 Å². The molecular weight excluding hydrogens is 349 g/mol. The lowest BCUT2D eigenvalue weighted by Crippen LogP contribution is -2.26. The van der Waals surface area contributed by atoms with Crippen LogP contribution in [0, 0.1) is 5.92 Å². The van der Waals surface area contributed by atoms with Gasteiger partial charge >= 0.3 is 0 Å². The molecule has 1 saturated heterocycles. The first-order chi connectivity index (χ1) is 11.1. The minimum absolute atomic E-state index is 0. The molecule has 1 aromatic carbocycles. The first kappa shape index (κ1) is 18.5.